The van der Waals surface area contributed by atoms with Crippen LogP contribution in [0.2, 0.25) is 0 Å². The van der Waals surface area contributed by atoms with E-state index in [-0.39, 0.29) is 28.8 Å². The number of hydrogen-bond donors (Lipinski definition) is 1. The van der Waals surface area contributed by atoms with E-state index in [9.17, 15) is 23.3 Å². The summed E-state index contributed by atoms with van der Waals surface area (Å²) >= 11 is 0. The van der Waals surface area contributed by atoms with Crippen LogP contribution in [0.25, 0.3) is 22.4 Å². The number of nitrogens with one attached hydrogen (secondary N) is 1. The number of aryl methyl sites for hydroxylation is 2. The van der Waals surface area contributed by atoms with Gasteiger partial charge in [-0.25, -0.2) is 13.4 Å². The molecule has 4 rings (SSSR count). The molecule has 0 saturated carbocycles. The molecule has 38 heavy (non-hydrogen) atoms. The van der Waals surface area contributed by atoms with Crippen LogP contribution in [-0.2, 0) is 28.3 Å². The number of ether oxygens (including phenoxy) is 1. The van der Waals surface area contributed by atoms with Gasteiger partial charge in [-0.2, -0.15) is 9.40 Å². The lowest BCUT2D eigenvalue weighted by atomic mass is 9.95. The molecule has 206 valence electrons. The van der Waals surface area contributed by atoms with Crippen LogP contribution in [-0.4, -0.2) is 63.9 Å². The van der Waals surface area contributed by atoms with E-state index in [0.29, 0.717) is 73.4 Å². The van der Waals surface area contributed by atoms with Gasteiger partial charge in [0.05, 0.1) is 29.4 Å². The molecule has 1 aliphatic heterocycles. The summed E-state index contributed by atoms with van der Waals surface area (Å²) in [6.07, 6.45) is 3.13. The average molecular weight is 549 g/mol. The lowest BCUT2D eigenvalue weighted by molar-refractivity contribution is -0.758. The predicted molar refractivity (Wildman–Crippen MR) is 139 cm³/mol. The van der Waals surface area contributed by atoms with Crippen molar-refractivity contribution in [1.82, 2.24) is 24.1 Å². The number of nitrogens with zero attached hydrogens (tertiary/aromatic N) is 5. The predicted octanol–water partition coefficient (Wildman–Crippen LogP) is 2.67. The van der Waals surface area contributed by atoms with Gasteiger partial charge >= 0.3 is 0 Å². The number of piperidine rings is 1. The van der Waals surface area contributed by atoms with Gasteiger partial charge in [-0.05, 0) is 56.7 Å². The van der Waals surface area contributed by atoms with Crippen LogP contribution in [0.4, 0.5) is 0 Å². The van der Waals surface area contributed by atoms with Gasteiger partial charge < -0.3 is 14.6 Å². The fourth-order valence-corrected chi connectivity index (χ4v) is 6.29. The van der Waals surface area contributed by atoms with E-state index in [2.05, 4.69) is 19.9 Å². The summed E-state index contributed by atoms with van der Waals surface area (Å²) < 4.78 is 35.8. The average Bonchev–Trinajstić information content (AvgIpc) is 3.20. The Labute approximate surface area is 219 Å². The Balaban J connectivity index is 1.66. The fourth-order valence-electron chi connectivity index (χ4n) is 4.80. The van der Waals surface area contributed by atoms with Gasteiger partial charge in [-0.3, -0.25) is 9.48 Å². The van der Waals surface area contributed by atoms with Gasteiger partial charge in [-0.1, -0.05) is 13.3 Å². The minimum Gasteiger partial charge on any atom is -0.493 e. The molecular formula is C24H32N6O7S. The molecule has 0 aliphatic carbocycles. The second-order valence-corrected chi connectivity index (χ2v) is 11.2. The van der Waals surface area contributed by atoms with Gasteiger partial charge in [0.1, 0.15) is 17.1 Å². The van der Waals surface area contributed by atoms with E-state index in [1.165, 1.54) is 21.1 Å². The summed E-state index contributed by atoms with van der Waals surface area (Å²) in [5.74, 6) is 0.757. The lowest BCUT2D eigenvalue weighted by Gasteiger charge is -2.31. The van der Waals surface area contributed by atoms with Crippen molar-refractivity contribution in [3.05, 3.63) is 44.4 Å². The molecule has 0 amide bonds. The van der Waals surface area contributed by atoms with Crippen molar-refractivity contribution in [3.63, 3.8) is 0 Å². The second-order valence-electron chi connectivity index (χ2n) is 9.22. The van der Waals surface area contributed by atoms with Crippen molar-refractivity contribution in [2.24, 2.45) is 13.0 Å². The quantitative estimate of drug-likeness (QED) is 0.280. The summed E-state index contributed by atoms with van der Waals surface area (Å²) in [6, 6.07) is 4.55. The van der Waals surface area contributed by atoms with Crippen LogP contribution in [0.1, 0.15) is 45.2 Å². The Kier molecular flexibility index (Phi) is 8.31. The first kappa shape index (κ1) is 27.5. The van der Waals surface area contributed by atoms with Crippen LogP contribution in [0.15, 0.2) is 27.9 Å². The normalized spacial score (nSPS) is 15.1. The summed E-state index contributed by atoms with van der Waals surface area (Å²) in [5, 5.41) is 14.0. The topological polar surface area (TPSA) is 163 Å². The van der Waals surface area contributed by atoms with Gasteiger partial charge in [0, 0.05) is 20.1 Å². The number of H-pyrrole nitrogens is 1. The van der Waals surface area contributed by atoms with E-state index in [4.69, 9.17) is 4.74 Å². The minimum absolute atomic E-state index is 0.000875. The molecule has 0 spiro atoms. The third-order valence-electron chi connectivity index (χ3n) is 6.69. The van der Waals surface area contributed by atoms with Crippen LogP contribution < -0.4 is 10.3 Å². The van der Waals surface area contributed by atoms with Gasteiger partial charge in [-0.15, -0.1) is 10.1 Å². The minimum atomic E-state index is -3.84. The second kappa shape index (κ2) is 11.5. The van der Waals surface area contributed by atoms with Crippen molar-refractivity contribution in [2.45, 2.75) is 50.8 Å². The Hall–Kier alpha value is -3.52. The number of sulfonamides is 1. The zero-order valence-corrected chi connectivity index (χ0v) is 22.5. The first-order chi connectivity index (χ1) is 18.1. The van der Waals surface area contributed by atoms with Crippen LogP contribution in [0.5, 0.6) is 5.75 Å². The third-order valence-corrected chi connectivity index (χ3v) is 8.58. The van der Waals surface area contributed by atoms with Crippen molar-refractivity contribution in [2.75, 3.05) is 26.3 Å². The van der Waals surface area contributed by atoms with E-state index >= 15 is 0 Å². The molecule has 0 bridgehead atoms. The smallest absolute Gasteiger partial charge is 0.294 e. The van der Waals surface area contributed by atoms with Crippen molar-refractivity contribution >= 4 is 21.1 Å². The van der Waals surface area contributed by atoms with E-state index in [1.54, 1.807) is 13.1 Å². The summed E-state index contributed by atoms with van der Waals surface area (Å²) in [7, 11) is -2.15. The zero-order chi connectivity index (χ0) is 27.4. The van der Waals surface area contributed by atoms with Gasteiger partial charge in [0.15, 0.2) is 5.52 Å². The molecule has 3 heterocycles. The number of aromatic nitrogens is 4. The van der Waals surface area contributed by atoms with E-state index < -0.39 is 15.1 Å². The maximum atomic E-state index is 13.5. The van der Waals surface area contributed by atoms with Crippen LogP contribution in [0.3, 0.4) is 0 Å². The first-order valence-corrected chi connectivity index (χ1v) is 14.1. The van der Waals surface area contributed by atoms with Crippen molar-refractivity contribution in [1.29, 1.82) is 0 Å². The molecule has 0 unspecified atom stereocenters. The van der Waals surface area contributed by atoms with Gasteiger partial charge in [0.2, 0.25) is 10.0 Å². The highest BCUT2D eigenvalue weighted by atomic mass is 32.2. The van der Waals surface area contributed by atoms with Crippen molar-refractivity contribution < 1.29 is 23.1 Å². The molecule has 2 aromatic heterocycles. The number of hydrogen-bond acceptors (Lipinski definition) is 9. The lowest BCUT2D eigenvalue weighted by Crippen LogP contribution is -2.38. The molecule has 13 nitrogen and oxygen atoms in total. The highest BCUT2D eigenvalue weighted by Crippen LogP contribution is 2.33. The Morgan fingerprint density at radius 3 is 2.63 bits per heavy atom. The number of aromatic amines is 1. The maximum absolute atomic E-state index is 13.5. The van der Waals surface area contributed by atoms with E-state index in [1.807, 2.05) is 13.8 Å². The largest absolute Gasteiger partial charge is 0.493 e. The third kappa shape index (κ3) is 5.65. The number of benzene rings is 1. The standard InChI is InChI=1S/C24H32N6O7S/c1-4-6-19-21-22(28(3)27-19)24(31)26-23(25-21)18-15-17(7-8-20(18)36-5-2)38(34,35)29-12-9-16(10-13-29)11-14-37-30(32)33/h7-8,15-16H,4-6,9-14H2,1-3H3,(H,25,26,31). The molecule has 0 atom stereocenters. The zero-order valence-electron chi connectivity index (χ0n) is 21.7. The Morgan fingerprint density at radius 2 is 1.97 bits per heavy atom. The molecule has 1 aromatic carbocycles. The number of fused-ring (bicyclic) bond motifs is 1. The highest BCUT2D eigenvalue weighted by molar-refractivity contribution is 7.89. The molecule has 1 saturated heterocycles. The van der Waals surface area contributed by atoms with Crippen molar-refractivity contribution in [3.8, 4) is 17.1 Å². The summed E-state index contributed by atoms with van der Waals surface area (Å²) in [4.78, 5) is 35.3. The molecule has 1 aliphatic rings. The number of rotatable bonds is 11. The fraction of sp³-hybridized carbons (Fsp3) is 0.542. The monoisotopic (exact) mass is 548 g/mol. The first-order valence-electron chi connectivity index (χ1n) is 12.7. The Morgan fingerprint density at radius 1 is 1.24 bits per heavy atom. The molecule has 1 N–H and O–H groups in total. The molecule has 1 fully saturated rings. The van der Waals surface area contributed by atoms with Gasteiger partial charge in [0.25, 0.3) is 10.6 Å². The Bertz CT molecular complexity index is 1480. The molecule has 3 aromatic rings. The summed E-state index contributed by atoms with van der Waals surface area (Å²) in [5.41, 5.74) is 1.52. The summed E-state index contributed by atoms with van der Waals surface area (Å²) in [6.45, 7) is 4.76. The van der Waals surface area contributed by atoms with E-state index in [0.717, 1.165) is 6.42 Å². The molecule has 0 radical (unpaired) electrons. The van der Waals surface area contributed by atoms with Crippen LogP contribution >= 0.6 is 0 Å². The maximum Gasteiger partial charge on any atom is 0.294 e. The van der Waals surface area contributed by atoms with Crippen LogP contribution in [0, 0.1) is 16.0 Å². The molecular weight excluding hydrogens is 516 g/mol. The SMILES string of the molecule is CCCc1nn(C)c2c(=O)[nH]c(-c3cc(S(=O)(=O)N4CCC(CCO[N+](=O)[O-])CC4)ccc3OCC)nc12. The highest BCUT2D eigenvalue weighted by Gasteiger charge is 2.30. The molecule has 14 heteroatoms.